The molecule has 0 aliphatic carbocycles. The Morgan fingerprint density at radius 3 is 2.80 bits per heavy atom. The van der Waals surface area contributed by atoms with Crippen LogP contribution >= 0.6 is 11.8 Å². The van der Waals surface area contributed by atoms with Crippen LogP contribution in [0.4, 0.5) is 0 Å². The summed E-state index contributed by atoms with van der Waals surface area (Å²) in [7, 11) is 0. The average molecular weight is 227 g/mol. The number of ether oxygens (including phenoxy) is 1. The minimum Gasteiger partial charge on any atom is -0.470 e. The summed E-state index contributed by atoms with van der Waals surface area (Å²) >= 11 is 1.68. The molecule has 1 fully saturated rings. The van der Waals surface area contributed by atoms with E-state index in [0.29, 0.717) is 12.1 Å². The van der Waals surface area contributed by atoms with Crippen LogP contribution in [0.2, 0.25) is 0 Å². The van der Waals surface area contributed by atoms with Gasteiger partial charge in [0.25, 0.3) is 0 Å². The third kappa shape index (κ3) is 2.29. The molecule has 0 aromatic carbocycles. The molecule has 1 saturated heterocycles. The lowest BCUT2D eigenvalue weighted by Gasteiger charge is -2.26. The lowest BCUT2D eigenvalue weighted by molar-refractivity contribution is 0.131. The normalized spacial score (nSPS) is 16.8. The minimum atomic E-state index is 0.298. The topological polar surface area (TPSA) is 39.1 Å². The van der Waals surface area contributed by atoms with Crippen molar-refractivity contribution in [2.45, 2.75) is 30.9 Å². The van der Waals surface area contributed by atoms with Crippen LogP contribution in [-0.4, -0.2) is 35.2 Å². The van der Waals surface area contributed by atoms with E-state index in [1.54, 1.807) is 11.8 Å². The fraction of sp³-hybridized carbons (Fsp3) is 0.700. The predicted octanol–water partition coefficient (Wildman–Crippen LogP) is 1.54. The number of nitrogens with zero attached hydrogens (tertiary/aromatic N) is 2. The molecule has 2 rings (SSSR count). The van der Waals surface area contributed by atoms with Crippen LogP contribution in [0.1, 0.15) is 19.9 Å². The highest BCUT2D eigenvalue weighted by Gasteiger charge is 2.21. The zero-order valence-corrected chi connectivity index (χ0v) is 10.2. The Morgan fingerprint density at radius 2 is 2.33 bits per heavy atom. The zero-order valence-electron chi connectivity index (χ0n) is 9.36. The van der Waals surface area contributed by atoms with Crippen LogP contribution < -0.4 is 10.1 Å². The van der Waals surface area contributed by atoms with E-state index in [4.69, 9.17) is 4.74 Å². The highest BCUT2D eigenvalue weighted by molar-refractivity contribution is 7.98. The Kier molecular flexibility index (Phi) is 3.21. The lowest BCUT2D eigenvalue weighted by atomic mass is 10.2. The number of thioether (sulfide) groups is 1. The smallest absolute Gasteiger partial charge is 0.247 e. The number of hydrogen-bond donors (Lipinski definition) is 1. The van der Waals surface area contributed by atoms with E-state index in [2.05, 4.69) is 30.5 Å². The Labute approximate surface area is 94.4 Å². The zero-order chi connectivity index (χ0) is 10.8. The molecule has 0 spiro atoms. The molecule has 5 heteroatoms. The molecule has 84 valence electrons. The number of aromatic nitrogens is 2. The average Bonchev–Trinajstić information content (AvgIpc) is 2.54. The van der Waals surface area contributed by atoms with Crippen molar-refractivity contribution in [2.24, 2.45) is 0 Å². The quantitative estimate of drug-likeness (QED) is 0.792. The van der Waals surface area contributed by atoms with Crippen LogP contribution in [0.5, 0.6) is 5.88 Å². The summed E-state index contributed by atoms with van der Waals surface area (Å²) in [5.74, 6) is 0.780. The second-order valence-electron chi connectivity index (χ2n) is 3.97. The van der Waals surface area contributed by atoms with E-state index >= 15 is 0 Å². The van der Waals surface area contributed by atoms with Gasteiger partial charge in [0.15, 0.2) is 0 Å². The van der Waals surface area contributed by atoms with Crippen LogP contribution in [0.15, 0.2) is 11.1 Å². The first-order chi connectivity index (χ1) is 7.20. The lowest BCUT2D eigenvalue weighted by Crippen LogP contribution is -2.50. The molecule has 4 nitrogen and oxygen atoms in total. The highest BCUT2D eigenvalue weighted by Crippen LogP contribution is 2.28. The number of hydrogen-bond acceptors (Lipinski definition) is 4. The maximum Gasteiger partial charge on any atom is 0.247 e. The first kappa shape index (κ1) is 10.8. The summed E-state index contributed by atoms with van der Waals surface area (Å²) in [4.78, 5) is 1.12. The van der Waals surface area contributed by atoms with E-state index in [-0.39, 0.29) is 0 Å². The van der Waals surface area contributed by atoms with Crippen molar-refractivity contribution in [1.29, 1.82) is 0 Å². The molecule has 1 aromatic rings. The Hall–Kier alpha value is -0.680. The Balaban J connectivity index is 2.12. The molecule has 0 radical (unpaired) electrons. The van der Waals surface area contributed by atoms with E-state index in [1.807, 2.05) is 10.9 Å². The van der Waals surface area contributed by atoms with Crippen LogP contribution in [0.25, 0.3) is 0 Å². The molecule has 1 aliphatic rings. The van der Waals surface area contributed by atoms with Gasteiger partial charge in [0.05, 0.1) is 4.90 Å². The first-order valence-electron chi connectivity index (χ1n) is 5.21. The summed E-state index contributed by atoms with van der Waals surface area (Å²) in [6, 6.07) is 0.382. The van der Waals surface area contributed by atoms with Crippen molar-refractivity contribution < 1.29 is 4.74 Å². The molecule has 2 heterocycles. The molecular formula is C10H17N3OS. The van der Waals surface area contributed by atoms with E-state index in [9.17, 15) is 0 Å². The summed E-state index contributed by atoms with van der Waals surface area (Å²) in [6.07, 6.45) is 4.40. The summed E-state index contributed by atoms with van der Waals surface area (Å²) in [6.45, 7) is 6.10. The SMILES string of the molecule is CSc1cn(C(C)C)nc1OC1CNC1. The molecule has 0 amide bonds. The van der Waals surface area contributed by atoms with Gasteiger partial charge < -0.3 is 10.1 Å². The largest absolute Gasteiger partial charge is 0.470 e. The summed E-state index contributed by atoms with van der Waals surface area (Å²) < 4.78 is 7.74. The third-order valence-corrected chi connectivity index (χ3v) is 3.16. The van der Waals surface area contributed by atoms with Crippen molar-refractivity contribution in [2.75, 3.05) is 19.3 Å². The maximum atomic E-state index is 5.79. The minimum absolute atomic E-state index is 0.298. The van der Waals surface area contributed by atoms with Crippen molar-refractivity contribution in [1.82, 2.24) is 15.1 Å². The second-order valence-corrected chi connectivity index (χ2v) is 4.82. The fourth-order valence-corrected chi connectivity index (χ4v) is 1.82. The van der Waals surface area contributed by atoms with Gasteiger partial charge in [-0.3, -0.25) is 4.68 Å². The summed E-state index contributed by atoms with van der Waals surface area (Å²) in [5.41, 5.74) is 0. The van der Waals surface area contributed by atoms with Crippen molar-refractivity contribution in [3.63, 3.8) is 0 Å². The Bertz CT molecular complexity index is 333. The second kappa shape index (κ2) is 4.45. The summed E-state index contributed by atoms with van der Waals surface area (Å²) in [5, 5.41) is 7.63. The predicted molar refractivity (Wildman–Crippen MR) is 61.7 cm³/mol. The first-order valence-corrected chi connectivity index (χ1v) is 6.43. The fourth-order valence-electron chi connectivity index (χ4n) is 1.35. The van der Waals surface area contributed by atoms with Gasteiger partial charge in [-0.25, -0.2) is 0 Å². The molecule has 1 N–H and O–H groups in total. The standard InChI is InChI=1S/C10H17N3OS/c1-7(2)13-6-9(15-3)10(12-13)14-8-4-11-5-8/h6-8,11H,4-5H2,1-3H3. The van der Waals surface area contributed by atoms with Crippen molar-refractivity contribution in [3.05, 3.63) is 6.20 Å². The van der Waals surface area contributed by atoms with E-state index in [1.165, 1.54) is 0 Å². The third-order valence-electron chi connectivity index (χ3n) is 2.44. The van der Waals surface area contributed by atoms with Crippen LogP contribution in [0, 0.1) is 0 Å². The molecule has 15 heavy (non-hydrogen) atoms. The highest BCUT2D eigenvalue weighted by atomic mass is 32.2. The maximum absolute atomic E-state index is 5.79. The molecule has 1 aliphatic heterocycles. The van der Waals surface area contributed by atoms with Gasteiger partial charge >= 0.3 is 0 Å². The van der Waals surface area contributed by atoms with E-state index in [0.717, 1.165) is 23.9 Å². The molecule has 1 aromatic heterocycles. The van der Waals surface area contributed by atoms with Gasteiger partial charge in [0.2, 0.25) is 5.88 Å². The van der Waals surface area contributed by atoms with Gasteiger partial charge in [-0.15, -0.1) is 16.9 Å². The molecule has 0 bridgehead atoms. The molecule has 0 unspecified atom stereocenters. The molecule has 0 atom stereocenters. The monoisotopic (exact) mass is 227 g/mol. The molecular weight excluding hydrogens is 210 g/mol. The van der Waals surface area contributed by atoms with Gasteiger partial charge in [-0.2, -0.15) is 0 Å². The molecule has 0 saturated carbocycles. The van der Waals surface area contributed by atoms with Crippen molar-refractivity contribution in [3.8, 4) is 5.88 Å². The van der Waals surface area contributed by atoms with E-state index < -0.39 is 0 Å². The number of rotatable bonds is 4. The number of nitrogens with one attached hydrogen (secondary N) is 1. The van der Waals surface area contributed by atoms with Gasteiger partial charge in [-0.1, -0.05) is 0 Å². The van der Waals surface area contributed by atoms with Gasteiger partial charge in [-0.05, 0) is 20.1 Å². The Morgan fingerprint density at radius 1 is 1.60 bits per heavy atom. The van der Waals surface area contributed by atoms with Crippen LogP contribution in [-0.2, 0) is 0 Å². The van der Waals surface area contributed by atoms with Crippen LogP contribution in [0.3, 0.4) is 0 Å². The van der Waals surface area contributed by atoms with Crippen molar-refractivity contribution >= 4 is 11.8 Å². The van der Waals surface area contributed by atoms with Gasteiger partial charge in [0, 0.05) is 25.3 Å². The van der Waals surface area contributed by atoms with Gasteiger partial charge in [0.1, 0.15) is 6.10 Å².